The van der Waals surface area contributed by atoms with Crippen molar-refractivity contribution in [3.05, 3.63) is 0 Å². The van der Waals surface area contributed by atoms with Crippen molar-refractivity contribution in [3.8, 4) is 0 Å². The summed E-state index contributed by atoms with van der Waals surface area (Å²) in [5.41, 5.74) is -0.528. The van der Waals surface area contributed by atoms with Gasteiger partial charge in [0.1, 0.15) is 12.2 Å². The van der Waals surface area contributed by atoms with Crippen molar-refractivity contribution < 1.29 is 24.2 Å². The third-order valence-corrected chi connectivity index (χ3v) is 3.82. The van der Waals surface area contributed by atoms with Crippen LogP contribution in [0.1, 0.15) is 13.3 Å². The van der Waals surface area contributed by atoms with E-state index in [1.165, 1.54) is 0 Å². The van der Waals surface area contributed by atoms with Crippen LogP contribution in [-0.4, -0.2) is 79.0 Å². The number of carboxylic acids is 1. The molecule has 2 aliphatic rings. The fraction of sp³-hybridized carbons (Fsp3) is 0.846. The maximum atomic E-state index is 12.2. The van der Waals surface area contributed by atoms with Gasteiger partial charge < -0.3 is 24.4 Å². The molecule has 1 atom stereocenters. The van der Waals surface area contributed by atoms with Crippen LogP contribution in [0.4, 0.5) is 4.79 Å². The summed E-state index contributed by atoms with van der Waals surface area (Å²) in [5.74, 6) is -0.571. The summed E-state index contributed by atoms with van der Waals surface area (Å²) >= 11 is 0. The first-order valence-electron chi connectivity index (χ1n) is 6.82. The number of urea groups is 1. The van der Waals surface area contributed by atoms with Crippen molar-refractivity contribution in [2.24, 2.45) is 5.92 Å². The molecule has 0 aromatic heterocycles. The average molecular weight is 286 g/mol. The van der Waals surface area contributed by atoms with Crippen LogP contribution in [0.15, 0.2) is 0 Å². The van der Waals surface area contributed by atoms with Gasteiger partial charge in [-0.25, -0.2) is 9.59 Å². The summed E-state index contributed by atoms with van der Waals surface area (Å²) in [5, 5.41) is 8.60. The fourth-order valence-electron chi connectivity index (χ4n) is 2.80. The number of amides is 2. The lowest BCUT2D eigenvalue weighted by atomic mass is 9.97. The van der Waals surface area contributed by atoms with Crippen LogP contribution in [-0.2, 0) is 14.3 Å². The summed E-state index contributed by atoms with van der Waals surface area (Å²) in [6.07, 6.45) is 0.972. The van der Waals surface area contributed by atoms with Gasteiger partial charge in [-0.3, -0.25) is 0 Å². The maximum absolute atomic E-state index is 12.2. The van der Waals surface area contributed by atoms with Crippen molar-refractivity contribution in [1.82, 2.24) is 9.80 Å². The highest BCUT2D eigenvalue weighted by atomic mass is 16.5. The van der Waals surface area contributed by atoms with Gasteiger partial charge in [0.2, 0.25) is 0 Å². The monoisotopic (exact) mass is 286 g/mol. The number of hydrogen-bond acceptors (Lipinski definition) is 4. The SMILES string of the molecule is COCC1CCN(C(=O)N2CC(C)(OCC(=O)O)C2)C1. The van der Waals surface area contributed by atoms with Crippen LogP contribution in [0.2, 0.25) is 0 Å². The Morgan fingerprint density at radius 1 is 1.35 bits per heavy atom. The molecule has 2 rings (SSSR count). The minimum atomic E-state index is -0.988. The van der Waals surface area contributed by atoms with Crippen molar-refractivity contribution in [3.63, 3.8) is 0 Å². The fourth-order valence-corrected chi connectivity index (χ4v) is 2.80. The molecular weight excluding hydrogens is 264 g/mol. The molecule has 2 saturated heterocycles. The molecule has 20 heavy (non-hydrogen) atoms. The molecular formula is C13H22N2O5. The first-order chi connectivity index (χ1) is 9.43. The van der Waals surface area contributed by atoms with Crippen molar-refractivity contribution in [1.29, 1.82) is 0 Å². The van der Waals surface area contributed by atoms with Crippen molar-refractivity contribution in [2.75, 3.05) is 46.5 Å². The molecule has 0 saturated carbocycles. The Bertz CT molecular complexity index is 381. The molecule has 2 aliphatic heterocycles. The normalized spacial score (nSPS) is 24.6. The van der Waals surface area contributed by atoms with Crippen LogP contribution in [0.25, 0.3) is 0 Å². The van der Waals surface area contributed by atoms with Gasteiger partial charge in [0.25, 0.3) is 0 Å². The van der Waals surface area contributed by atoms with Gasteiger partial charge >= 0.3 is 12.0 Å². The van der Waals surface area contributed by atoms with E-state index in [1.807, 2.05) is 11.8 Å². The number of ether oxygens (including phenoxy) is 2. The minimum Gasteiger partial charge on any atom is -0.480 e. The third kappa shape index (κ3) is 3.40. The van der Waals surface area contributed by atoms with E-state index in [9.17, 15) is 9.59 Å². The number of rotatable bonds is 5. The van der Waals surface area contributed by atoms with E-state index in [2.05, 4.69) is 0 Å². The van der Waals surface area contributed by atoms with Crippen LogP contribution in [0, 0.1) is 5.92 Å². The molecule has 0 aromatic rings. The third-order valence-electron chi connectivity index (χ3n) is 3.82. The molecule has 114 valence electrons. The molecule has 1 N–H and O–H groups in total. The van der Waals surface area contributed by atoms with E-state index in [0.717, 1.165) is 19.5 Å². The molecule has 0 radical (unpaired) electrons. The molecule has 0 aliphatic carbocycles. The number of aliphatic carboxylic acids is 1. The number of carbonyl (C=O) groups excluding carboxylic acids is 1. The quantitative estimate of drug-likeness (QED) is 0.783. The summed E-state index contributed by atoms with van der Waals surface area (Å²) in [7, 11) is 1.67. The Labute approximate surface area is 118 Å². The predicted octanol–water partition coefficient (Wildman–Crippen LogP) is 0.250. The molecule has 2 amide bonds. The summed E-state index contributed by atoms with van der Waals surface area (Å²) in [6, 6.07) is 0.0139. The average Bonchev–Trinajstić information content (AvgIpc) is 2.81. The molecule has 7 nitrogen and oxygen atoms in total. The van der Waals surface area contributed by atoms with E-state index in [4.69, 9.17) is 14.6 Å². The van der Waals surface area contributed by atoms with Crippen molar-refractivity contribution in [2.45, 2.75) is 18.9 Å². The molecule has 1 unspecified atom stereocenters. The number of likely N-dealkylation sites (tertiary alicyclic amines) is 2. The van der Waals surface area contributed by atoms with E-state index in [-0.39, 0.29) is 12.6 Å². The Balaban J connectivity index is 1.75. The first-order valence-corrected chi connectivity index (χ1v) is 6.82. The smallest absolute Gasteiger partial charge is 0.329 e. The Morgan fingerprint density at radius 2 is 2.05 bits per heavy atom. The minimum absolute atomic E-state index is 0.0139. The zero-order chi connectivity index (χ0) is 14.8. The van der Waals surface area contributed by atoms with Gasteiger partial charge in [0.15, 0.2) is 0 Å². The van der Waals surface area contributed by atoms with E-state index >= 15 is 0 Å². The zero-order valence-corrected chi connectivity index (χ0v) is 12.0. The van der Waals surface area contributed by atoms with Gasteiger partial charge in [-0.15, -0.1) is 0 Å². The highest BCUT2D eigenvalue weighted by Crippen LogP contribution is 2.27. The van der Waals surface area contributed by atoms with Crippen LogP contribution >= 0.6 is 0 Å². The standard InChI is InChI=1S/C13H22N2O5/c1-13(20-7-11(16)17)8-15(9-13)12(18)14-4-3-10(5-14)6-19-2/h10H,3-9H2,1-2H3,(H,16,17). The largest absolute Gasteiger partial charge is 0.480 e. The van der Waals surface area contributed by atoms with Gasteiger partial charge in [-0.1, -0.05) is 0 Å². The molecule has 7 heteroatoms. The lowest BCUT2D eigenvalue weighted by Crippen LogP contribution is -2.65. The van der Waals surface area contributed by atoms with Gasteiger partial charge in [0.05, 0.1) is 19.7 Å². The Kier molecular flexibility index (Phi) is 4.49. The number of hydrogen-bond donors (Lipinski definition) is 1. The first kappa shape index (κ1) is 15.1. The molecule has 0 aromatic carbocycles. The van der Waals surface area contributed by atoms with Crippen LogP contribution < -0.4 is 0 Å². The second kappa shape index (κ2) is 5.97. The van der Waals surface area contributed by atoms with Crippen LogP contribution in [0.5, 0.6) is 0 Å². The molecule has 2 heterocycles. The van der Waals surface area contributed by atoms with Gasteiger partial charge in [-0.05, 0) is 13.3 Å². The number of nitrogens with zero attached hydrogens (tertiary/aromatic N) is 2. The van der Waals surface area contributed by atoms with Crippen LogP contribution in [0.3, 0.4) is 0 Å². The van der Waals surface area contributed by atoms with E-state index in [1.54, 1.807) is 12.0 Å². The molecule has 2 fully saturated rings. The summed E-state index contributed by atoms with van der Waals surface area (Å²) in [6.45, 7) is 4.58. The Morgan fingerprint density at radius 3 is 2.65 bits per heavy atom. The second-order valence-electron chi connectivity index (χ2n) is 5.83. The zero-order valence-electron chi connectivity index (χ0n) is 12.0. The number of carboxylic acid groups (broad SMARTS) is 1. The highest BCUT2D eigenvalue weighted by molar-refractivity contribution is 5.76. The predicted molar refractivity (Wildman–Crippen MR) is 70.5 cm³/mol. The number of methoxy groups -OCH3 is 1. The topological polar surface area (TPSA) is 79.3 Å². The second-order valence-corrected chi connectivity index (χ2v) is 5.83. The van der Waals surface area contributed by atoms with Gasteiger partial charge in [-0.2, -0.15) is 0 Å². The van der Waals surface area contributed by atoms with Gasteiger partial charge in [0, 0.05) is 26.1 Å². The Hall–Kier alpha value is -1.34. The van der Waals surface area contributed by atoms with E-state index < -0.39 is 11.6 Å². The summed E-state index contributed by atoms with van der Waals surface area (Å²) < 4.78 is 10.4. The van der Waals surface area contributed by atoms with Crippen molar-refractivity contribution >= 4 is 12.0 Å². The number of carbonyl (C=O) groups is 2. The highest BCUT2D eigenvalue weighted by Gasteiger charge is 2.44. The molecule has 0 spiro atoms. The molecule has 0 bridgehead atoms. The summed E-state index contributed by atoms with van der Waals surface area (Å²) in [4.78, 5) is 26.3. The lowest BCUT2D eigenvalue weighted by Gasteiger charge is -2.48. The lowest BCUT2D eigenvalue weighted by molar-refractivity contribution is -0.160. The maximum Gasteiger partial charge on any atom is 0.329 e. The van der Waals surface area contributed by atoms with E-state index in [0.29, 0.717) is 25.6 Å².